The van der Waals surface area contributed by atoms with Gasteiger partial charge in [0.05, 0.1) is 11.0 Å². The van der Waals surface area contributed by atoms with Gasteiger partial charge >= 0.3 is 0 Å². The van der Waals surface area contributed by atoms with Crippen LogP contribution in [-0.4, -0.2) is 4.57 Å². The van der Waals surface area contributed by atoms with Crippen molar-refractivity contribution < 1.29 is 0 Å². The molecule has 0 amide bonds. The summed E-state index contributed by atoms with van der Waals surface area (Å²) >= 11 is 0. The van der Waals surface area contributed by atoms with E-state index >= 15 is 0 Å². The Morgan fingerprint density at radius 2 is 0.722 bits per heavy atom. The third kappa shape index (κ3) is 7.90. The molecule has 72 heavy (non-hydrogen) atoms. The van der Waals surface area contributed by atoms with Crippen LogP contribution < -0.4 is 4.90 Å². The Morgan fingerprint density at radius 1 is 0.292 bits per heavy atom. The van der Waals surface area contributed by atoms with E-state index in [9.17, 15) is 0 Å². The van der Waals surface area contributed by atoms with Crippen LogP contribution in [0.15, 0.2) is 279 Å². The first-order chi connectivity index (χ1) is 35.7. The van der Waals surface area contributed by atoms with Crippen molar-refractivity contribution in [2.24, 2.45) is 0 Å². The number of anilines is 3. The molecule has 0 atom stereocenters. The van der Waals surface area contributed by atoms with Gasteiger partial charge in [0.1, 0.15) is 0 Å². The summed E-state index contributed by atoms with van der Waals surface area (Å²) in [6.07, 6.45) is 1.67. The van der Waals surface area contributed by atoms with Crippen LogP contribution in [0.3, 0.4) is 0 Å². The molecule has 0 bridgehead atoms. The van der Waals surface area contributed by atoms with Crippen molar-refractivity contribution in [3.05, 3.63) is 301 Å². The van der Waals surface area contributed by atoms with E-state index in [1.807, 2.05) is 0 Å². The molecule has 1 aromatic heterocycles. The van der Waals surface area contributed by atoms with Crippen molar-refractivity contribution in [1.29, 1.82) is 0 Å². The van der Waals surface area contributed by atoms with Crippen molar-refractivity contribution in [2.45, 2.75) is 12.8 Å². The quantitative estimate of drug-likeness (QED) is 0.117. The molecule has 0 saturated heterocycles. The largest absolute Gasteiger partial charge is 0.310 e. The van der Waals surface area contributed by atoms with Crippen LogP contribution in [0, 0.1) is 0 Å². The maximum absolute atomic E-state index is 2.46. The Labute approximate surface area is 421 Å². The predicted molar refractivity (Wildman–Crippen MR) is 305 cm³/mol. The second-order valence-electron chi connectivity index (χ2n) is 18.8. The zero-order valence-corrected chi connectivity index (χ0v) is 39.9. The molecule has 1 heterocycles. The van der Waals surface area contributed by atoms with E-state index in [-0.39, 0.29) is 0 Å². The van der Waals surface area contributed by atoms with Crippen molar-refractivity contribution in [3.63, 3.8) is 0 Å². The highest BCUT2D eigenvalue weighted by Crippen LogP contribution is 2.44. The van der Waals surface area contributed by atoms with Gasteiger partial charge in [0.2, 0.25) is 0 Å². The van der Waals surface area contributed by atoms with E-state index in [1.165, 1.54) is 99.0 Å². The molecule has 0 aliphatic heterocycles. The number of rotatable bonds is 11. The molecule has 13 aromatic rings. The molecule has 12 aromatic carbocycles. The SMILES string of the molecule is c1ccc(Cc2ccccc2-c2ccc(N(c3ccc(-c4ccccc4)cc3)c3ccc(-c4ccc(-n5c6ccccc6c6c7ccccc7c7ccccc7c65)cc4)cc3)cc2Cc2ccccc2)cc1. The van der Waals surface area contributed by atoms with Gasteiger partial charge in [-0.1, -0.05) is 224 Å². The third-order valence-electron chi connectivity index (χ3n) is 14.5. The fourth-order valence-corrected chi connectivity index (χ4v) is 11.1. The first-order valence-corrected chi connectivity index (χ1v) is 25.0. The number of aromatic nitrogens is 1. The number of benzene rings is 12. The first-order valence-electron chi connectivity index (χ1n) is 25.0. The number of hydrogen-bond acceptors (Lipinski definition) is 1. The molecular weight excluding hydrogens is 869 g/mol. The monoisotopic (exact) mass is 918 g/mol. The third-order valence-corrected chi connectivity index (χ3v) is 14.5. The molecule has 0 radical (unpaired) electrons. The number of para-hydroxylation sites is 1. The lowest BCUT2D eigenvalue weighted by Gasteiger charge is -2.27. The number of hydrogen-bond donors (Lipinski definition) is 0. The molecule has 2 nitrogen and oxygen atoms in total. The minimum Gasteiger partial charge on any atom is -0.310 e. The van der Waals surface area contributed by atoms with Crippen molar-refractivity contribution >= 4 is 60.4 Å². The molecule has 0 spiro atoms. The van der Waals surface area contributed by atoms with Crippen LogP contribution in [0.1, 0.15) is 22.3 Å². The van der Waals surface area contributed by atoms with Crippen molar-refractivity contribution in [1.82, 2.24) is 4.57 Å². The fraction of sp³-hybridized carbons (Fsp3) is 0.0286. The van der Waals surface area contributed by atoms with Gasteiger partial charge in [-0.05, 0) is 139 Å². The summed E-state index contributed by atoms with van der Waals surface area (Å²) in [6, 6.07) is 102. The van der Waals surface area contributed by atoms with E-state index < -0.39 is 0 Å². The zero-order chi connectivity index (χ0) is 47.8. The molecule has 0 saturated carbocycles. The normalized spacial score (nSPS) is 11.4. The van der Waals surface area contributed by atoms with E-state index in [0.717, 1.165) is 35.6 Å². The van der Waals surface area contributed by atoms with Crippen LogP contribution in [0.5, 0.6) is 0 Å². The average molecular weight is 919 g/mol. The summed E-state index contributed by atoms with van der Waals surface area (Å²) in [4.78, 5) is 2.41. The Bertz CT molecular complexity index is 4040. The minimum absolute atomic E-state index is 0.806. The highest BCUT2D eigenvalue weighted by atomic mass is 15.1. The van der Waals surface area contributed by atoms with E-state index in [1.54, 1.807) is 0 Å². The number of nitrogens with zero attached hydrogens (tertiary/aromatic N) is 2. The van der Waals surface area contributed by atoms with E-state index in [0.29, 0.717) is 0 Å². The van der Waals surface area contributed by atoms with Gasteiger partial charge in [-0.15, -0.1) is 0 Å². The van der Waals surface area contributed by atoms with Crippen LogP contribution in [0.25, 0.3) is 82.4 Å². The van der Waals surface area contributed by atoms with Gasteiger partial charge in [0.25, 0.3) is 0 Å². The topological polar surface area (TPSA) is 8.17 Å². The standard InChI is InChI=1S/C70H50N2/c1-4-18-49(19-5-1)46-55-24-10-11-25-61(55)62-45-44-60(48-56(62)47-50-20-6-2-7-21-50)71(57-38-32-52(33-39-57)51-22-8-3-9-23-51)58-40-34-53(35-41-58)54-36-42-59(43-37-54)72-68-31-17-16-30-67(68)69-65-28-14-12-26-63(65)64-27-13-15-29-66(64)70(69)72/h1-45,48H,46-47H2. The second kappa shape index (κ2) is 18.6. The summed E-state index contributed by atoms with van der Waals surface area (Å²) in [6.45, 7) is 0. The molecule has 0 N–H and O–H groups in total. The van der Waals surface area contributed by atoms with Gasteiger partial charge < -0.3 is 9.47 Å². The van der Waals surface area contributed by atoms with Gasteiger partial charge in [0, 0.05) is 38.9 Å². The zero-order valence-electron chi connectivity index (χ0n) is 39.9. The fourth-order valence-electron chi connectivity index (χ4n) is 11.1. The summed E-state index contributed by atoms with van der Waals surface area (Å²) < 4.78 is 2.46. The lowest BCUT2D eigenvalue weighted by Crippen LogP contribution is -2.11. The molecule has 2 heteroatoms. The van der Waals surface area contributed by atoms with Crippen LogP contribution >= 0.6 is 0 Å². The lowest BCUT2D eigenvalue weighted by molar-refractivity contribution is 1.16. The maximum atomic E-state index is 2.46. The molecule has 340 valence electrons. The van der Waals surface area contributed by atoms with E-state index in [4.69, 9.17) is 0 Å². The summed E-state index contributed by atoms with van der Waals surface area (Å²) in [5.74, 6) is 0. The Balaban J connectivity index is 0.900. The van der Waals surface area contributed by atoms with Crippen molar-refractivity contribution in [2.75, 3.05) is 4.90 Å². The predicted octanol–water partition coefficient (Wildman–Crippen LogP) is 18.7. The molecule has 0 aliphatic rings. The molecule has 0 aliphatic carbocycles. The smallest absolute Gasteiger partial charge is 0.0625 e. The van der Waals surface area contributed by atoms with Crippen LogP contribution in [-0.2, 0) is 12.8 Å². The summed E-state index contributed by atoms with van der Waals surface area (Å²) in [5.41, 5.74) is 19.4. The van der Waals surface area contributed by atoms with Crippen LogP contribution in [0.4, 0.5) is 17.1 Å². The van der Waals surface area contributed by atoms with E-state index in [2.05, 4.69) is 289 Å². The maximum Gasteiger partial charge on any atom is 0.0625 e. The molecular formula is C70H50N2. The molecule has 0 unspecified atom stereocenters. The van der Waals surface area contributed by atoms with Crippen LogP contribution in [0.2, 0.25) is 0 Å². The molecule has 13 rings (SSSR count). The second-order valence-corrected chi connectivity index (χ2v) is 18.8. The van der Waals surface area contributed by atoms with Crippen molar-refractivity contribution in [3.8, 4) is 39.1 Å². The summed E-state index contributed by atoms with van der Waals surface area (Å²) in [5, 5.41) is 7.67. The first kappa shape index (κ1) is 42.8. The van der Waals surface area contributed by atoms with Gasteiger partial charge in [-0.2, -0.15) is 0 Å². The van der Waals surface area contributed by atoms with Gasteiger partial charge in [0.15, 0.2) is 0 Å². The van der Waals surface area contributed by atoms with Gasteiger partial charge in [-0.25, -0.2) is 0 Å². The summed E-state index contributed by atoms with van der Waals surface area (Å²) in [7, 11) is 0. The number of fused-ring (bicyclic) bond motifs is 8. The lowest BCUT2D eigenvalue weighted by atomic mass is 9.89. The average Bonchev–Trinajstić information content (AvgIpc) is 3.81. The Morgan fingerprint density at radius 3 is 1.35 bits per heavy atom. The molecule has 0 fully saturated rings. The Hall–Kier alpha value is -9.24. The Kier molecular flexibility index (Phi) is 11.1. The van der Waals surface area contributed by atoms with Gasteiger partial charge in [-0.3, -0.25) is 0 Å². The highest BCUT2D eigenvalue weighted by Gasteiger charge is 2.20. The highest BCUT2D eigenvalue weighted by molar-refractivity contribution is 6.32. The minimum atomic E-state index is 0.806.